The molecule has 114 valence electrons. The normalized spacial score (nSPS) is 24.6. The van der Waals surface area contributed by atoms with Gasteiger partial charge in [-0.05, 0) is 11.1 Å². The molecule has 1 amide bonds. The van der Waals surface area contributed by atoms with Gasteiger partial charge in [0.25, 0.3) is 0 Å². The van der Waals surface area contributed by atoms with Crippen LogP contribution in [0.25, 0.3) is 0 Å². The van der Waals surface area contributed by atoms with E-state index in [9.17, 15) is 4.79 Å². The minimum atomic E-state index is 0.0897. The van der Waals surface area contributed by atoms with Gasteiger partial charge in [0.05, 0.1) is 6.04 Å². The predicted molar refractivity (Wildman–Crippen MR) is 85.2 cm³/mol. The Labute approximate surface area is 127 Å². The number of carbonyl (C=O) groups excluding carboxylic acids is 1. The summed E-state index contributed by atoms with van der Waals surface area (Å²) in [6, 6.07) is 9.14. The molecule has 0 spiro atoms. The zero-order chi connectivity index (χ0) is 15.2. The van der Waals surface area contributed by atoms with Crippen LogP contribution in [0.15, 0.2) is 24.3 Å². The molecule has 0 aliphatic carbocycles. The average Bonchev–Trinajstić information content (AvgIpc) is 2.46. The maximum Gasteiger partial charge on any atom is 0.225 e. The highest BCUT2D eigenvalue weighted by Crippen LogP contribution is 2.41. The first kappa shape index (κ1) is 14.6. The molecule has 3 nitrogen and oxygen atoms in total. The van der Waals surface area contributed by atoms with Crippen LogP contribution in [0, 0.1) is 5.92 Å². The molecule has 1 aromatic carbocycles. The summed E-state index contributed by atoms with van der Waals surface area (Å²) in [5, 5.41) is 0. The van der Waals surface area contributed by atoms with Crippen LogP contribution >= 0.6 is 0 Å². The lowest BCUT2D eigenvalue weighted by atomic mass is 9.75. The zero-order valence-electron chi connectivity index (χ0n) is 13.6. The van der Waals surface area contributed by atoms with Crippen molar-refractivity contribution in [3.05, 3.63) is 35.4 Å². The van der Waals surface area contributed by atoms with Crippen molar-refractivity contribution in [2.45, 2.75) is 39.2 Å². The molecule has 0 bridgehead atoms. The number of carbonyl (C=O) groups is 1. The largest absolute Gasteiger partial charge is 0.339 e. The standard InChI is InChI=1S/C18H26N2O/c1-13(2)17(21)19-9-10-20-12-18(3,4)15-8-6-5-7-14(15)16(20)11-19/h5-8,13,16H,9-12H2,1-4H3. The van der Waals surface area contributed by atoms with Crippen LogP contribution in [0.1, 0.15) is 44.9 Å². The number of nitrogens with zero attached hydrogens (tertiary/aromatic N) is 2. The molecule has 2 aliphatic heterocycles. The van der Waals surface area contributed by atoms with Crippen molar-refractivity contribution in [1.82, 2.24) is 9.80 Å². The summed E-state index contributed by atoms with van der Waals surface area (Å²) in [6.45, 7) is 12.4. The maximum atomic E-state index is 12.3. The van der Waals surface area contributed by atoms with E-state index >= 15 is 0 Å². The van der Waals surface area contributed by atoms with Crippen molar-refractivity contribution in [2.24, 2.45) is 5.92 Å². The molecule has 1 fully saturated rings. The Morgan fingerprint density at radius 3 is 2.67 bits per heavy atom. The number of amides is 1. The minimum Gasteiger partial charge on any atom is -0.339 e. The summed E-state index contributed by atoms with van der Waals surface area (Å²) in [5.41, 5.74) is 3.05. The fourth-order valence-corrected chi connectivity index (χ4v) is 3.87. The number of hydrogen-bond acceptors (Lipinski definition) is 2. The van der Waals surface area contributed by atoms with E-state index in [-0.39, 0.29) is 17.2 Å². The molecule has 1 atom stereocenters. The van der Waals surface area contributed by atoms with Gasteiger partial charge in [0.1, 0.15) is 0 Å². The third kappa shape index (κ3) is 2.48. The van der Waals surface area contributed by atoms with Gasteiger partial charge in [0, 0.05) is 37.5 Å². The van der Waals surface area contributed by atoms with Crippen LogP contribution in [0.3, 0.4) is 0 Å². The third-order valence-electron chi connectivity index (χ3n) is 4.94. The first-order valence-corrected chi connectivity index (χ1v) is 8.02. The van der Waals surface area contributed by atoms with Crippen molar-refractivity contribution >= 4 is 5.91 Å². The maximum absolute atomic E-state index is 12.3. The van der Waals surface area contributed by atoms with E-state index in [4.69, 9.17) is 0 Å². The Hall–Kier alpha value is -1.35. The number of rotatable bonds is 1. The van der Waals surface area contributed by atoms with E-state index in [1.165, 1.54) is 11.1 Å². The number of benzene rings is 1. The van der Waals surface area contributed by atoms with E-state index in [0.29, 0.717) is 6.04 Å². The molecule has 0 radical (unpaired) electrons. The summed E-state index contributed by atoms with van der Waals surface area (Å²) in [4.78, 5) is 16.9. The van der Waals surface area contributed by atoms with Gasteiger partial charge in [-0.25, -0.2) is 0 Å². The highest BCUT2D eigenvalue weighted by atomic mass is 16.2. The molecule has 3 rings (SSSR count). The van der Waals surface area contributed by atoms with Gasteiger partial charge in [-0.3, -0.25) is 9.69 Å². The van der Waals surface area contributed by atoms with E-state index in [1.54, 1.807) is 0 Å². The highest BCUT2D eigenvalue weighted by molar-refractivity contribution is 5.78. The molecular weight excluding hydrogens is 260 g/mol. The Morgan fingerprint density at radius 2 is 1.95 bits per heavy atom. The lowest BCUT2D eigenvalue weighted by molar-refractivity contribution is -0.138. The van der Waals surface area contributed by atoms with Crippen LogP contribution in [0.4, 0.5) is 0 Å². The molecule has 1 unspecified atom stereocenters. The van der Waals surface area contributed by atoms with Crippen molar-refractivity contribution in [3.8, 4) is 0 Å². The molecule has 2 heterocycles. The van der Waals surface area contributed by atoms with Gasteiger partial charge in [-0.1, -0.05) is 52.0 Å². The second-order valence-corrected chi connectivity index (χ2v) is 7.40. The second kappa shape index (κ2) is 5.13. The molecule has 2 aliphatic rings. The lowest BCUT2D eigenvalue weighted by Crippen LogP contribution is -2.56. The summed E-state index contributed by atoms with van der Waals surface area (Å²) in [7, 11) is 0. The van der Waals surface area contributed by atoms with Crippen molar-refractivity contribution < 1.29 is 4.79 Å². The number of piperazine rings is 1. The van der Waals surface area contributed by atoms with Gasteiger partial charge in [0.15, 0.2) is 0 Å². The van der Waals surface area contributed by atoms with E-state index in [0.717, 1.165) is 26.2 Å². The topological polar surface area (TPSA) is 23.6 Å². The average molecular weight is 286 g/mol. The third-order valence-corrected chi connectivity index (χ3v) is 4.94. The smallest absolute Gasteiger partial charge is 0.225 e. The SMILES string of the molecule is CC(C)C(=O)N1CCN2CC(C)(C)c3ccccc3C2C1. The van der Waals surface area contributed by atoms with Gasteiger partial charge in [-0.2, -0.15) is 0 Å². The van der Waals surface area contributed by atoms with Crippen molar-refractivity contribution in [1.29, 1.82) is 0 Å². The quantitative estimate of drug-likeness (QED) is 0.792. The summed E-state index contributed by atoms with van der Waals surface area (Å²) in [6.07, 6.45) is 0. The molecule has 1 aromatic rings. The summed E-state index contributed by atoms with van der Waals surface area (Å²) >= 11 is 0. The van der Waals surface area contributed by atoms with Gasteiger partial charge < -0.3 is 4.90 Å². The highest BCUT2D eigenvalue weighted by Gasteiger charge is 2.40. The number of hydrogen-bond donors (Lipinski definition) is 0. The van der Waals surface area contributed by atoms with Crippen LogP contribution < -0.4 is 0 Å². The van der Waals surface area contributed by atoms with Crippen LogP contribution in [-0.4, -0.2) is 41.9 Å². The fraction of sp³-hybridized carbons (Fsp3) is 0.611. The molecule has 1 saturated heterocycles. The minimum absolute atomic E-state index is 0.0897. The molecule has 21 heavy (non-hydrogen) atoms. The Bertz CT molecular complexity index is 550. The summed E-state index contributed by atoms with van der Waals surface area (Å²) < 4.78 is 0. The van der Waals surface area contributed by atoms with Gasteiger partial charge in [0.2, 0.25) is 5.91 Å². The van der Waals surface area contributed by atoms with Gasteiger partial charge >= 0.3 is 0 Å². The molecule has 0 aromatic heterocycles. The fourth-order valence-electron chi connectivity index (χ4n) is 3.87. The van der Waals surface area contributed by atoms with E-state index in [1.807, 2.05) is 13.8 Å². The van der Waals surface area contributed by atoms with E-state index < -0.39 is 0 Å². The lowest BCUT2D eigenvalue weighted by Gasteiger charge is -2.50. The van der Waals surface area contributed by atoms with Gasteiger partial charge in [-0.15, -0.1) is 0 Å². The van der Waals surface area contributed by atoms with Crippen LogP contribution in [0.2, 0.25) is 0 Å². The molecule has 3 heteroatoms. The van der Waals surface area contributed by atoms with Crippen LogP contribution in [-0.2, 0) is 10.2 Å². The zero-order valence-corrected chi connectivity index (χ0v) is 13.6. The molecular formula is C18H26N2O. The number of fused-ring (bicyclic) bond motifs is 3. The monoisotopic (exact) mass is 286 g/mol. The Balaban J connectivity index is 1.92. The Morgan fingerprint density at radius 1 is 1.24 bits per heavy atom. The Kier molecular flexibility index (Phi) is 3.56. The van der Waals surface area contributed by atoms with E-state index in [2.05, 4.69) is 47.9 Å². The second-order valence-electron chi connectivity index (χ2n) is 7.40. The molecule has 0 N–H and O–H groups in total. The first-order valence-electron chi connectivity index (χ1n) is 8.02. The predicted octanol–water partition coefficient (Wildman–Crippen LogP) is 2.82. The van der Waals surface area contributed by atoms with Crippen molar-refractivity contribution in [2.75, 3.05) is 26.2 Å². The summed E-state index contributed by atoms with van der Waals surface area (Å²) in [5.74, 6) is 0.379. The molecule has 0 saturated carbocycles. The first-order chi connectivity index (χ1) is 9.90. The van der Waals surface area contributed by atoms with Crippen LogP contribution in [0.5, 0.6) is 0 Å². The van der Waals surface area contributed by atoms with Crippen molar-refractivity contribution in [3.63, 3.8) is 0 Å².